The lowest BCUT2D eigenvalue weighted by molar-refractivity contribution is -0.163. The first-order valence-corrected chi connectivity index (χ1v) is 6.82. The van der Waals surface area contributed by atoms with Crippen molar-refractivity contribution in [3.63, 3.8) is 0 Å². The van der Waals surface area contributed by atoms with Crippen molar-refractivity contribution in [2.75, 3.05) is 0 Å². The van der Waals surface area contributed by atoms with Gasteiger partial charge in [0.25, 0.3) is 0 Å². The van der Waals surface area contributed by atoms with E-state index in [0.717, 1.165) is 18.1 Å². The number of aryl methyl sites for hydroxylation is 1. The number of esters is 1. The first kappa shape index (κ1) is 14.4. The molecule has 0 saturated carbocycles. The number of cyclic esters (lactones) is 1. The summed E-state index contributed by atoms with van der Waals surface area (Å²) in [5.41, 5.74) is 0.404. The van der Waals surface area contributed by atoms with Crippen molar-refractivity contribution in [1.82, 2.24) is 0 Å². The molecule has 2 rings (SSSR count). The summed E-state index contributed by atoms with van der Waals surface area (Å²) in [6.07, 6.45) is 2.85. The zero-order chi connectivity index (χ0) is 14.8. The SMILES string of the molecule is CC(C)[C@]1(CCc2ccc(O)cc2)CC(O)=CC(=O)O1. The summed E-state index contributed by atoms with van der Waals surface area (Å²) in [6.45, 7) is 3.98. The summed E-state index contributed by atoms with van der Waals surface area (Å²) in [5, 5.41) is 19.0. The minimum Gasteiger partial charge on any atom is -0.512 e. The second-order valence-electron chi connectivity index (χ2n) is 5.62. The van der Waals surface area contributed by atoms with Gasteiger partial charge in [0, 0.05) is 6.42 Å². The van der Waals surface area contributed by atoms with Crippen molar-refractivity contribution in [3.8, 4) is 5.75 Å². The van der Waals surface area contributed by atoms with Gasteiger partial charge in [-0.3, -0.25) is 0 Å². The van der Waals surface area contributed by atoms with Crippen LogP contribution in [0.2, 0.25) is 0 Å². The topological polar surface area (TPSA) is 66.8 Å². The molecule has 0 aromatic heterocycles. The van der Waals surface area contributed by atoms with Gasteiger partial charge >= 0.3 is 5.97 Å². The van der Waals surface area contributed by atoms with Gasteiger partial charge in [0.2, 0.25) is 0 Å². The first-order valence-electron chi connectivity index (χ1n) is 6.82. The Balaban J connectivity index is 2.12. The number of phenolic OH excluding ortho intramolecular Hbond substituents is 1. The molecular formula is C16H20O4. The Morgan fingerprint density at radius 3 is 2.45 bits per heavy atom. The van der Waals surface area contributed by atoms with E-state index in [9.17, 15) is 15.0 Å². The number of carbonyl (C=O) groups is 1. The minimum atomic E-state index is -0.659. The standard InChI is InChI=1S/C16H20O4/c1-11(2)16(10-14(18)9-15(19)20-16)8-7-12-3-5-13(17)6-4-12/h3-6,9,11,17-18H,7-8,10H2,1-2H3/t16-/m0/s1. The lowest BCUT2D eigenvalue weighted by Crippen LogP contribution is -2.43. The molecule has 2 N–H and O–H groups in total. The molecule has 0 spiro atoms. The fourth-order valence-corrected chi connectivity index (χ4v) is 2.53. The lowest BCUT2D eigenvalue weighted by atomic mass is 9.80. The Labute approximate surface area is 118 Å². The summed E-state index contributed by atoms with van der Waals surface area (Å²) in [6, 6.07) is 6.98. The third kappa shape index (κ3) is 3.13. The second-order valence-corrected chi connectivity index (χ2v) is 5.62. The Kier molecular flexibility index (Phi) is 4.02. The van der Waals surface area contributed by atoms with E-state index in [0.29, 0.717) is 12.8 Å². The maximum Gasteiger partial charge on any atom is 0.334 e. The lowest BCUT2D eigenvalue weighted by Gasteiger charge is -2.39. The first-order chi connectivity index (χ1) is 9.41. The summed E-state index contributed by atoms with van der Waals surface area (Å²) in [5.74, 6) is -0.0507. The van der Waals surface area contributed by atoms with Gasteiger partial charge in [0.15, 0.2) is 0 Å². The number of hydrogen-bond donors (Lipinski definition) is 2. The number of rotatable bonds is 4. The third-order valence-corrected chi connectivity index (χ3v) is 3.89. The van der Waals surface area contributed by atoms with Crippen LogP contribution in [-0.4, -0.2) is 21.8 Å². The van der Waals surface area contributed by atoms with E-state index in [1.54, 1.807) is 12.1 Å². The Morgan fingerprint density at radius 2 is 1.90 bits per heavy atom. The van der Waals surface area contributed by atoms with Crippen LogP contribution >= 0.6 is 0 Å². The molecule has 0 amide bonds. The molecule has 1 atom stereocenters. The normalized spacial score (nSPS) is 22.6. The van der Waals surface area contributed by atoms with E-state index < -0.39 is 11.6 Å². The van der Waals surface area contributed by atoms with Crippen molar-refractivity contribution in [2.24, 2.45) is 5.92 Å². The number of aliphatic hydroxyl groups excluding tert-OH is 1. The highest BCUT2D eigenvalue weighted by Crippen LogP contribution is 2.36. The van der Waals surface area contributed by atoms with E-state index in [1.807, 2.05) is 26.0 Å². The van der Waals surface area contributed by atoms with E-state index in [1.165, 1.54) is 0 Å². The van der Waals surface area contributed by atoms with Gasteiger partial charge in [-0.15, -0.1) is 0 Å². The second kappa shape index (κ2) is 5.57. The average molecular weight is 276 g/mol. The molecule has 1 aromatic carbocycles. The maximum atomic E-state index is 11.6. The molecule has 0 unspecified atom stereocenters. The molecule has 0 aliphatic carbocycles. The largest absolute Gasteiger partial charge is 0.512 e. The summed E-state index contributed by atoms with van der Waals surface area (Å²) >= 11 is 0. The summed E-state index contributed by atoms with van der Waals surface area (Å²) < 4.78 is 5.53. The highest BCUT2D eigenvalue weighted by Gasteiger charge is 2.40. The number of aromatic hydroxyl groups is 1. The highest BCUT2D eigenvalue weighted by molar-refractivity contribution is 5.83. The summed E-state index contributed by atoms with van der Waals surface area (Å²) in [7, 11) is 0. The molecule has 1 aliphatic rings. The Hall–Kier alpha value is -1.97. The van der Waals surface area contributed by atoms with Crippen LogP contribution in [0.3, 0.4) is 0 Å². The average Bonchev–Trinajstić information content (AvgIpc) is 2.37. The van der Waals surface area contributed by atoms with E-state index in [4.69, 9.17) is 4.74 Å². The molecular weight excluding hydrogens is 256 g/mol. The van der Waals surface area contributed by atoms with Gasteiger partial charge in [-0.25, -0.2) is 4.79 Å². The Morgan fingerprint density at radius 1 is 1.25 bits per heavy atom. The van der Waals surface area contributed by atoms with Gasteiger partial charge in [0.1, 0.15) is 17.1 Å². The predicted molar refractivity (Wildman–Crippen MR) is 75.4 cm³/mol. The van der Waals surface area contributed by atoms with Crippen LogP contribution in [0.4, 0.5) is 0 Å². The van der Waals surface area contributed by atoms with E-state index >= 15 is 0 Å². The summed E-state index contributed by atoms with van der Waals surface area (Å²) in [4.78, 5) is 11.6. The van der Waals surface area contributed by atoms with Gasteiger partial charge in [-0.1, -0.05) is 26.0 Å². The van der Waals surface area contributed by atoms with Gasteiger partial charge in [0.05, 0.1) is 6.08 Å². The molecule has 4 heteroatoms. The zero-order valence-corrected chi connectivity index (χ0v) is 11.8. The quantitative estimate of drug-likeness (QED) is 0.829. The number of benzene rings is 1. The number of ether oxygens (including phenoxy) is 1. The third-order valence-electron chi connectivity index (χ3n) is 3.89. The number of phenols is 1. The molecule has 1 aliphatic heterocycles. The number of hydrogen-bond acceptors (Lipinski definition) is 4. The molecule has 1 aromatic rings. The molecule has 0 fully saturated rings. The van der Waals surface area contributed by atoms with E-state index in [2.05, 4.69) is 0 Å². The fraction of sp³-hybridized carbons (Fsp3) is 0.438. The molecule has 0 saturated heterocycles. The molecule has 108 valence electrons. The molecule has 0 bridgehead atoms. The monoisotopic (exact) mass is 276 g/mol. The Bertz CT molecular complexity index is 516. The molecule has 20 heavy (non-hydrogen) atoms. The van der Waals surface area contributed by atoms with Crippen molar-refractivity contribution in [3.05, 3.63) is 41.7 Å². The van der Waals surface area contributed by atoms with Gasteiger partial charge < -0.3 is 14.9 Å². The maximum absolute atomic E-state index is 11.6. The van der Waals surface area contributed by atoms with Crippen LogP contribution < -0.4 is 0 Å². The predicted octanol–water partition coefficient (Wildman–Crippen LogP) is 3.11. The van der Waals surface area contributed by atoms with Crippen molar-refractivity contribution < 1.29 is 19.7 Å². The van der Waals surface area contributed by atoms with Crippen LogP contribution in [-0.2, 0) is 16.0 Å². The molecule has 1 heterocycles. The van der Waals surface area contributed by atoms with E-state index in [-0.39, 0.29) is 17.4 Å². The molecule has 4 nitrogen and oxygen atoms in total. The van der Waals surface area contributed by atoms with Crippen LogP contribution in [0.25, 0.3) is 0 Å². The number of aliphatic hydroxyl groups is 1. The fourth-order valence-electron chi connectivity index (χ4n) is 2.53. The highest BCUT2D eigenvalue weighted by atomic mass is 16.6. The molecule has 0 radical (unpaired) electrons. The van der Waals surface area contributed by atoms with Crippen LogP contribution in [0.5, 0.6) is 5.75 Å². The van der Waals surface area contributed by atoms with Crippen LogP contribution in [0.1, 0.15) is 32.3 Å². The zero-order valence-electron chi connectivity index (χ0n) is 11.8. The minimum absolute atomic E-state index is 0.0839. The van der Waals surface area contributed by atoms with Crippen LogP contribution in [0, 0.1) is 5.92 Å². The van der Waals surface area contributed by atoms with Crippen molar-refractivity contribution in [2.45, 2.75) is 38.7 Å². The number of carbonyl (C=O) groups excluding carboxylic acids is 1. The van der Waals surface area contributed by atoms with Crippen molar-refractivity contribution >= 4 is 5.97 Å². The van der Waals surface area contributed by atoms with Crippen LogP contribution in [0.15, 0.2) is 36.1 Å². The van der Waals surface area contributed by atoms with Crippen molar-refractivity contribution in [1.29, 1.82) is 0 Å². The van der Waals surface area contributed by atoms with Gasteiger partial charge in [-0.2, -0.15) is 0 Å². The smallest absolute Gasteiger partial charge is 0.334 e. The van der Waals surface area contributed by atoms with Gasteiger partial charge in [-0.05, 0) is 36.5 Å².